The van der Waals surface area contributed by atoms with Gasteiger partial charge in [0.1, 0.15) is 4.51 Å². The van der Waals surface area contributed by atoms with Gasteiger partial charge in [-0.05, 0) is 19.4 Å². The second-order valence-corrected chi connectivity index (χ2v) is 3.13. The van der Waals surface area contributed by atoms with Crippen LogP contribution >= 0.6 is 12.2 Å². The summed E-state index contributed by atoms with van der Waals surface area (Å²) in [5.41, 5.74) is 6.67. The van der Waals surface area contributed by atoms with Crippen molar-refractivity contribution in [2.75, 3.05) is 5.73 Å². The van der Waals surface area contributed by atoms with Gasteiger partial charge >= 0.3 is 5.69 Å². The molecule has 1 aromatic rings. The molecule has 0 aliphatic heterocycles. The Morgan fingerprint density at radius 1 is 1.54 bits per heavy atom. The zero-order chi connectivity index (χ0) is 10.2. The smallest absolute Gasteiger partial charge is 0.327 e. The topological polar surface area (TPSA) is 85.0 Å². The molecule has 1 heterocycles. The first-order valence-electron chi connectivity index (χ1n) is 3.58. The molecule has 0 spiro atoms. The van der Waals surface area contributed by atoms with E-state index in [1.165, 1.54) is 0 Å². The number of aromatic nitrogens is 1. The molecule has 0 amide bonds. The summed E-state index contributed by atoms with van der Waals surface area (Å²) in [5, 5.41) is 10.5. The van der Waals surface area contributed by atoms with Gasteiger partial charge in [-0.1, -0.05) is 12.2 Å². The highest BCUT2D eigenvalue weighted by Gasteiger charge is 2.17. The molecule has 70 valence electrons. The third kappa shape index (κ3) is 1.52. The summed E-state index contributed by atoms with van der Waals surface area (Å²) in [7, 11) is 0. The third-order valence-electron chi connectivity index (χ3n) is 1.88. The second-order valence-electron chi connectivity index (χ2n) is 2.72. The molecule has 0 saturated heterocycles. The minimum absolute atomic E-state index is 0.0121. The van der Waals surface area contributed by atoms with E-state index in [2.05, 4.69) is 4.98 Å². The van der Waals surface area contributed by atoms with E-state index in [-0.39, 0.29) is 16.0 Å². The number of anilines is 1. The lowest BCUT2D eigenvalue weighted by atomic mass is 10.2. The Morgan fingerprint density at radius 2 is 2.08 bits per heavy atom. The molecule has 0 unspecified atom stereocenters. The molecule has 5 nitrogen and oxygen atoms in total. The number of rotatable bonds is 1. The van der Waals surface area contributed by atoms with Crippen molar-refractivity contribution in [3.63, 3.8) is 0 Å². The van der Waals surface area contributed by atoms with Gasteiger partial charge < -0.3 is 10.7 Å². The standard InChI is InChI=1S/C7H9N3O2S/c1-3-4(2)9-7(8)5(6(3)13)10(11)12/h1-2H3,(H3,8,9,13). The fourth-order valence-corrected chi connectivity index (χ4v) is 1.34. The first-order chi connectivity index (χ1) is 5.95. The van der Waals surface area contributed by atoms with Gasteiger partial charge in [0.15, 0.2) is 5.82 Å². The van der Waals surface area contributed by atoms with Gasteiger partial charge in [0.2, 0.25) is 0 Å². The molecule has 0 aromatic carbocycles. The van der Waals surface area contributed by atoms with Crippen LogP contribution in [0.4, 0.5) is 11.5 Å². The Bertz CT molecular complexity index is 424. The number of aryl methyl sites for hydroxylation is 1. The number of hydrogen-bond acceptors (Lipinski definition) is 4. The minimum atomic E-state index is -0.569. The molecule has 0 aliphatic carbocycles. The van der Waals surface area contributed by atoms with Crippen molar-refractivity contribution in [3.05, 3.63) is 25.9 Å². The number of hydrogen-bond donors (Lipinski definition) is 2. The van der Waals surface area contributed by atoms with Crippen LogP contribution in [0.3, 0.4) is 0 Å². The van der Waals surface area contributed by atoms with Crippen molar-refractivity contribution in [2.24, 2.45) is 0 Å². The normalized spacial score (nSPS) is 10.0. The number of aromatic amines is 1. The first-order valence-corrected chi connectivity index (χ1v) is 3.99. The molecular weight excluding hydrogens is 190 g/mol. The molecule has 0 bridgehead atoms. The van der Waals surface area contributed by atoms with Gasteiger partial charge in [-0.25, -0.2) is 0 Å². The van der Waals surface area contributed by atoms with Crippen molar-refractivity contribution < 1.29 is 4.92 Å². The molecule has 0 fully saturated rings. The van der Waals surface area contributed by atoms with Crippen LogP contribution in [0.2, 0.25) is 0 Å². The van der Waals surface area contributed by atoms with E-state index in [0.717, 1.165) is 5.69 Å². The van der Waals surface area contributed by atoms with E-state index in [1.807, 2.05) is 0 Å². The van der Waals surface area contributed by atoms with Crippen molar-refractivity contribution in [1.29, 1.82) is 0 Å². The Kier molecular flexibility index (Phi) is 2.33. The fourth-order valence-electron chi connectivity index (χ4n) is 1.01. The first kappa shape index (κ1) is 9.66. The maximum Gasteiger partial charge on any atom is 0.327 e. The Labute approximate surface area is 79.7 Å². The SMILES string of the molecule is Cc1[nH]c(N)c([N+](=O)[O-])c(=S)c1C. The summed E-state index contributed by atoms with van der Waals surface area (Å²) in [4.78, 5) is 12.7. The molecule has 3 N–H and O–H groups in total. The Morgan fingerprint density at radius 3 is 2.54 bits per heavy atom. The fraction of sp³-hybridized carbons (Fsp3) is 0.286. The summed E-state index contributed by atoms with van der Waals surface area (Å²) in [5.74, 6) is 0.0121. The predicted molar refractivity (Wildman–Crippen MR) is 52.2 cm³/mol. The average Bonchev–Trinajstić information content (AvgIpc) is 1.99. The zero-order valence-electron chi connectivity index (χ0n) is 7.25. The molecule has 1 rings (SSSR count). The third-order valence-corrected chi connectivity index (χ3v) is 2.38. The van der Waals surface area contributed by atoms with Crippen LogP contribution in [0.25, 0.3) is 0 Å². The van der Waals surface area contributed by atoms with Crippen molar-refractivity contribution in [1.82, 2.24) is 4.98 Å². The summed E-state index contributed by atoms with van der Waals surface area (Å²) < 4.78 is 0.207. The molecule has 0 aliphatic rings. The largest absolute Gasteiger partial charge is 0.379 e. The van der Waals surface area contributed by atoms with Gasteiger partial charge in [-0.15, -0.1) is 0 Å². The number of nitrogens with zero attached hydrogens (tertiary/aromatic N) is 1. The molecule has 1 aromatic heterocycles. The highest BCUT2D eigenvalue weighted by Crippen LogP contribution is 2.24. The number of nitrogen functional groups attached to an aromatic ring is 1. The van der Waals surface area contributed by atoms with Crippen LogP contribution in [0.15, 0.2) is 0 Å². The molecule has 0 saturated carbocycles. The van der Waals surface area contributed by atoms with Gasteiger partial charge in [-0.2, -0.15) is 0 Å². The van der Waals surface area contributed by atoms with E-state index >= 15 is 0 Å². The number of nitro groups is 1. The van der Waals surface area contributed by atoms with E-state index in [0.29, 0.717) is 5.56 Å². The van der Waals surface area contributed by atoms with E-state index in [9.17, 15) is 10.1 Å². The summed E-state index contributed by atoms with van der Waals surface area (Å²) in [6.07, 6.45) is 0. The van der Waals surface area contributed by atoms with E-state index in [1.54, 1.807) is 13.8 Å². The highest BCUT2D eigenvalue weighted by molar-refractivity contribution is 7.71. The summed E-state index contributed by atoms with van der Waals surface area (Å²) >= 11 is 4.90. The molecule has 0 atom stereocenters. The molecule has 0 radical (unpaired) electrons. The Hall–Kier alpha value is -1.43. The van der Waals surface area contributed by atoms with Gasteiger partial charge in [0, 0.05) is 5.69 Å². The van der Waals surface area contributed by atoms with Crippen molar-refractivity contribution in [3.8, 4) is 0 Å². The second kappa shape index (κ2) is 3.14. The van der Waals surface area contributed by atoms with Crippen LogP contribution < -0.4 is 5.73 Å². The Balaban J connectivity index is 3.63. The van der Waals surface area contributed by atoms with Gasteiger partial charge in [0.05, 0.1) is 4.92 Å². The van der Waals surface area contributed by atoms with Crippen LogP contribution in [0.5, 0.6) is 0 Å². The average molecular weight is 199 g/mol. The van der Waals surface area contributed by atoms with Gasteiger partial charge in [-0.3, -0.25) is 10.1 Å². The molecule has 6 heteroatoms. The number of nitrogens with two attached hydrogens (primary N) is 1. The number of H-pyrrole nitrogens is 1. The predicted octanol–water partition coefficient (Wildman–Crippen LogP) is 1.85. The molecular formula is C7H9N3O2S. The van der Waals surface area contributed by atoms with E-state index < -0.39 is 4.92 Å². The zero-order valence-corrected chi connectivity index (χ0v) is 8.07. The van der Waals surface area contributed by atoms with Crippen LogP contribution in [-0.2, 0) is 0 Å². The van der Waals surface area contributed by atoms with E-state index in [4.69, 9.17) is 18.0 Å². The number of pyridine rings is 1. The lowest BCUT2D eigenvalue weighted by Crippen LogP contribution is -2.02. The molecule has 13 heavy (non-hydrogen) atoms. The lowest BCUT2D eigenvalue weighted by molar-refractivity contribution is -0.384. The van der Waals surface area contributed by atoms with Crippen LogP contribution in [0.1, 0.15) is 11.3 Å². The van der Waals surface area contributed by atoms with Crippen molar-refractivity contribution in [2.45, 2.75) is 13.8 Å². The maximum absolute atomic E-state index is 10.5. The van der Waals surface area contributed by atoms with Gasteiger partial charge in [0.25, 0.3) is 0 Å². The summed E-state index contributed by atoms with van der Waals surface area (Å²) in [6.45, 7) is 3.49. The highest BCUT2D eigenvalue weighted by atomic mass is 32.1. The quantitative estimate of drug-likeness (QED) is 0.410. The lowest BCUT2D eigenvalue weighted by Gasteiger charge is -2.03. The number of nitrogens with one attached hydrogen (secondary N) is 1. The van der Waals surface area contributed by atoms with Crippen molar-refractivity contribution >= 4 is 23.7 Å². The van der Waals surface area contributed by atoms with Crippen LogP contribution in [-0.4, -0.2) is 9.91 Å². The summed E-state index contributed by atoms with van der Waals surface area (Å²) in [6, 6.07) is 0. The monoisotopic (exact) mass is 199 g/mol. The van der Waals surface area contributed by atoms with Crippen LogP contribution in [0, 0.1) is 28.5 Å². The minimum Gasteiger partial charge on any atom is -0.379 e. The maximum atomic E-state index is 10.5.